The van der Waals surface area contributed by atoms with E-state index in [1.165, 1.54) is 4.90 Å². The third-order valence-corrected chi connectivity index (χ3v) is 8.63. The van der Waals surface area contributed by atoms with Gasteiger partial charge in [0, 0.05) is 12.1 Å². The zero-order valence-electron chi connectivity index (χ0n) is 20.1. The Balaban J connectivity index is 1.54. The van der Waals surface area contributed by atoms with Crippen LogP contribution in [0.25, 0.3) is 0 Å². The van der Waals surface area contributed by atoms with Crippen LogP contribution in [-0.4, -0.2) is 18.0 Å². The number of benzene rings is 4. The molecule has 10 rings (SSSR count). The first kappa shape index (κ1) is 22.2. The van der Waals surface area contributed by atoms with Crippen LogP contribution in [0.3, 0.4) is 0 Å². The highest BCUT2D eigenvalue weighted by Crippen LogP contribution is 2.60. The first-order chi connectivity index (χ1) is 18.0. The lowest BCUT2D eigenvalue weighted by Crippen LogP contribution is -2.51. The Morgan fingerprint density at radius 3 is 2.32 bits per heavy atom. The molecular formula is C32H23ClN2O2. The van der Waals surface area contributed by atoms with Gasteiger partial charge in [-0.25, -0.2) is 4.90 Å². The number of aryl methyl sites for hydroxylation is 1. The van der Waals surface area contributed by atoms with E-state index in [2.05, 4.69) is 36.4 Å². The van der Waals surface area contributed by atoms with E-state index < -0.39 is 17.3 Å². The van der Waals surface area contributed by atoms with Crippen molar-refractivity contribution < 1.29 is 9.59 Å². The maximum absolute atomic E-state index is 14.4. The highest BCUT2D eigenvalue weighted by Gasteiger charge is 2.65. The zero-order chi connectivity index (χ0) is 25.3. The summed E-state index contributed by atoms with van der Waals surface area (Å²) in [6, 6.07) is 31.6. The Bertz CT molecular complexity index is 1630. The zero-order valence-corrected chi connectivity index (χ0v) is 20.9. The predicted molar refractivity (Wildman–Crippen MR) is 146 cm³/mol. The van der Waals surface area contributed by atoms with Gasteiger partial charge in [0.1, 0.15) is 0 Å². The van der Waals surface area contributed by atoms with E-state index in [-0.39, 0.29) is 17.7 Å². The largest absolute Gasteiger partial charge is 0.274 e. The molecule has 5 heteroatoms. The van der Waals surface area contributed by atoms with E-state index in [0.717, 1.165) is 33.5 Å². The second-order valence-corrected chi connectivity index (χ2v) is 10.5. The van der Waals surface area contributed by atoms with Crippen LogP contribution in [-0.2, 0) is 15.0 Å². The topological polar surface area (TPSA) is 49.7 Å². The van der Waals surface area contributed by atoms with Crippen molar-refractivity contribution in [1.82, 2.24) is 0 Å². The summed E-state index contributed by atoms with van der Waals surface area (Å²) in [5.41, 5.74) is 5.50. The fourth-order valence-electron chi connectivity index (χ4n) is 6.67. The first-order valence-electron chi connectivity index (χ1n) is 12.5. The molecule has 1 fully saturated rings. The van der Waals surface area contributed by atoms with Gasteiger partial charge in [-0.15, -0.1) is 0 Å². The van der Waals surface area contributed by atoms with Gasteiger partial charge >= 0.3 is 0 Å². The molecule has 4 nitrogen and oxygen atoms in total. The molecule has 0 radical (unpaired) electrons. The normalized spacial score (nSPS) is 25.4. The molecule has 180 valence electrons. The fraction of sp³-hybridized carbons (Fsp3) is 0.156. The van der Waals surface area contributed by atoms with Gasteiger partial charge in [0.25, 0.3) is 0 Å². The van der Waals surface area contributed by atoms with Crippen molar-refractivity contribution in [2.45, 2.75) is 18.3 Å². The molecular weight excluding hydrogens is 480 g/mol. The number of rotatable bonds is 3. The number of amides is 2. The summed E-state index contributed by atoms with van der Waals surface area (Å²) >= 11 is 6.53. The van der Waals surface area contributed by atoms with Gasteiger partial charge < -0.3 is 0 Å². The number of nitrogens with zero attached hydrogens (tertiary/aromatic N) is 2. The van der Waals surface area contributed by atoms with Gasteiger partial charge in [0.15, 0.2) is 0 Å². The number of aliphatic imine (C=N–C) groups is 1. The summed E-state index contributed by atoms with van der Waals surface area (Å²) in [6.45, 7) is 2.02. The summed E-state index contributed by atoms with van der Waals surface area (Å²) in [6.07, 6.45) is 1.92. The van der Waals surface area contributed by atoms with Gasteiger partial charge in [0.2, 0.25) is 11.8 Å². The average Bonchev–Trinajstić information content (AvgIpc) is 3.16. The molecule has 4 bridgehead atoms. The molecule has 1 heterocycles. The third kappa shape index (κ3) is 2.93. The Morgan fingerprint density at radius 2 is 1.54 bits per heavy atom. The summed E-state index contributed by atoms with van der Waals surface area (Å²) in [5, 5.41) is 0.380. The molecule has 0 unspecified atom stereocenters. The molecule has 0 saturated carbocycles. The van der Waals surface area contributed by atoms with Crippen LogP contribution in [0.15, 0.2) is 102 Å². The smallest absolute Gasteiger partial charge is 0.239 e. The lowest BCUT2D eigenvalue weighted by atomic mass is 9.52. The first-order valence-corrected chi connectivity index (χ1v) is 12.8. The predicted octanol–water partition coefficient (Wildman–Crippen LogP) is 6.60. The highest BCUT2D eigenvalue weighted by molar-refractivity contribution is 6.36. The Hall–Kier alpha value is -4.02. The van der Waals surface area contributed by atoms with Gasteiger partial charge in [0.05, 0.1) is 33.6 Å². The van der Waals surface area contributed by atoms with Gasteiger partial charge in [-0.3, -0.25) is 14.6 Å². The Kier molecular flexibility index (Phi) is 4.79. The molecule has 37 heavy (non-hydrogen) atoms. The minimum Gasteiger partial charge on any atom is -0.274 e. The van der Waals surface area contributed by atoms with Crippen LogP contribution in [0.2, 0.25) is 5.02 Å². The summed E-state index contributed by atoms with van der Waals surface area (Å²) < 4.78 is 0. The third-order valence-electron chi connectivity index (χ3n) is 8.31. The molecule has 4 aromatic carbocycles. The Labute approximate surface area is 220 Å². The Morgan fingerprint density at radius 1 is 0.838 bits per heavy atom. The molecule has 1 saturated heterocycles. The number of halogens is 1. The van der Waals surface area contributed by atoms with E-state index >= 15 is 0 Å². The van der Waals surface area contributed by atoms with Gasteiger partial charge in [-0.1, -0.05) is 90.5 Å². The number of carbonyl (C=O) groups excluding carboxylic acids is 2. The van der Waals surface area contributed by atoms with Crippen LogP contribution in [0.5, 0.6) is 0 Å². The number of anilines is 1. The van der Waals surface area contributed by atoms with Crippen molar-refractivity contribution >= 4 is 41.0 Å². The van der Waals surface area contributed by atoms with Crippen molar-refractivity contribution in [2.75, 3.05) is 4.90 Å². The van der Waals surface area contributed by atoms with Crippen LogP contribution >= 0.6 is 11.6 Å². The number of carbonyl (C=O) groups is 2. The van der Waals surface area contributed by atoms with Crippen molar-refractivity contribution in [3.8, 4) is 0 Å². The van der Waals surface area contributed by atoms with Crippen molar-refractivity contribution in [1.29, 1.82) is 0 Å². The van der Waals surface area contributed by atoms with Crippen molar-refractivity contribution in [3.63, 3.8) is 0 Å². The quantitative estimate of drug-likeness (QED) is 0.234. The SMILES string of the molecule is Cc1ccccc1N=C[C@@]12c3ccc(cc3)[C@@H](c3ccccc31)[C@H]1C(=O)N(c3ccccc3Cl)C(=O)[C@H]12. The second-order valence-electron chi connectivity index (χ2n) is 10.1. The maximum atomic E-state index is 14.4. The van der Waals surface area contributed by atoms with Crippen molar-refractivity contribution in [3.05, 3.63) is 130 Å². The van der Waals surface area contributed by atoms with Crippen LogP contribution in [0.1, 0.15) is 33.7 Å². The average molecular weight is 503 g/mol. The van der Waals surface area contributed by atoms with Crippen LogP contribution in [0, 0.1) is 18.8 Å². The monoisotopic (exact) mass is 502 g/mol. The van der Waals surface area contributed by atoms with Gasteiger partial charge in [-0.2, -0.15) is 0 Å². The summed E-state index contributed by atoms with van der Waals surface area (Å²) in [7, 11) is 0. The molecule has 5 aliphatic carbocycles. The number of hydrogen-bond acceptors (Lipinski definition) is 3. The fourth-order valence-corrected chi connectivity index (χ4v) is 6.89. The second kappa shape index (κ2) is 7.99. The number of para-hydroxylation sites is 2. The molecule has 6 aliphatic rings. The van der Waals surface area contributed by atoms with E-state index in [1.807, 2.05) is 49.5 Å². The molecule has 1 aliphatic heterocycles. The minimum atomic E-state index is -0.915. The van der Waals surface area contributed by atoms with Crippen molar-refractivity contribution in [2.24, 2.45) is 16.8 Å². The molecule has 0 aromatic heterocycles. The van der Waals surface area contributed by atoms with E-state index in [9.17, 15) is 9.59 Å². The van der Waals surface area contributed by atoms with E-state index in [1.54, 1.807) is 24.3 Å². The molecule has 0 spiro atoms. The molecule has 2 amide bonds. The minimum absolute atomic E-state index is 0.210. The lowest BCUT2D eigenvalue weighted by molar-refractivity contribution is -0.122. The molecule has 0 N–H and O–H groups in total. The van der Waals surface area contributed by atoms with Crippen LogP contribution < -0.4 is 4.90 Å². The molecule has 4 aromatic rings. The van der Waals surface area contributed by atoms with Gasteiger partial charge in [-0.05, 0) is 52.9 Å². The standard InChI is InChI=1S/C32H23ClN2O2/c1-19-8-2-6-12-25(19)34-18-32-21-16-14-20(15-17-21)27(22-9-3-4-10-23(22)32)28-29(32)31(37)35(30(28)36)26-13-7-5-11-24(26)33/h2-18,27-29H,1H3/t27-,28+,29-,32+/m0/s1. The number of hydrogen-bond donors (Lipinski definition) is 0. The summed E-state index contributed by atoms with van der Waals surface area (Å²) in [5.74, 6) is -1.90. The lowest BCUT2D eigenvalue weighted by Gasteiger charge is -2.48. The highest BCUT2D eigenvalue weighted by atomic mass is 35.5. The van der Waals surface area contributed by atoms with Crippen LogP contribution in [0.4, 0.5) is 11.4 Å². The number of imide groups is 1. The van der Waals surface area contributed by atoms with E-state index in [0.29, 0.717) is 10.7 Å². The summed E-state index contributed by atoms with van der Waals surface area (Å²) in [4.78, 5) is 35.0. The maximum Gasteiger partial charge on any atom is 0.239 e. The van der Waals surface area contributed by atoms with E-state index in [4.69, 9.17) is 16.6 Å². The molecule has 4 atom stereocenters.